The summed E-state index contributed by atoms with van der Waals surface area (Å²) in [6.07, 6.45) is 0. The third kappa shape index (κ3) is 2.01. The van der Waals surface area contributed by atoms with Gasteiger partial charge in [-0.2, -0.15) is 0 Å². The van der Waals surface area contributed by atoms with Crippen LogP contribution in [0.5, 0.6) is 0 Å². The summed E-state index contributed by atoms with van der Waals surface area (Å²) in [7, 11) is 0. The molecule has 0 saturated carbocycles. The molecule has 0 unspecified atom stereocenters. The second-order valence-corrected chi connectivity index (χ2v) is 9.93. The van der Waals surface area contributed by atoms with Crippen molar-refractivity contribution in [2.24, 2.45) is 5.41 Å². The van der Waals surface area contributed by atoms with Crippen LogP contribution in [0.1, 0.15) is 52.7 Å². The highest BCUT2D eigenvalue weighted by Gasteiger charge is 2.54. The van der Waals surface area contributed by atoms with Gasteiger partial charge in [0.1, 0.15) is 0 Å². The summed E-state index contributed by atoms with van der Waals surface area (Å²) in [5.74, 6) is 0. The first-order valence-corrected chi connectivity index (χ1v) is 8.60. The van der Waals surface area contributed by atoms with E-state index >= 15 is 0 Å². The fourth-order valence-corrected chi connectivity index (χ4v) is 5.56. The summed E-state index contributed by atoms with van der Waals surface area (Å²) < 4.78 is 1.26. The minimum Gasteiger partial charge on any atom is -0.117 e. The van der Waals surface area contributed by atoms with Crippen LogP contribution >= 0.6 is 39.3 Å². The summed E-state index contributed by atoms with van der Waals surface area (Å²) in [5, 5.41) is 0.870. The van der Waals surface area contributed by atoms with Gasteiger partial charge in [-0.05, 0) is 48.8 Å². The van der Waals surface area contributed by atoms with Crippen LogP contribution < -0.4 is 0 Å². The van der Waals surface area contributed by atoms with Crippen LogP contribution in [-0.2, 0) is 5.41 Å². The van der Waals surface area contributed by atoms with Gasteiger partial charge in [-0.1, -0.05) is 55.2 Å². The molecule has 0 spiro atoms. The molecule has 1 aliphatic heterocycles. The van der Waals surface area contributed by atoms with E-state index in [0.29, 0.717) is 0 Å². The fourth-order valence-electron chi connectivity index (χ4n) is 2.99. The van der Waals surface area contributed by atoms with Crippen LogP contribution in [0.15, 0.2) is 15.4 Å². The molecule has 3 heteroatoms. The van der Waals surface area contributed by atoms with Crippen LogP contribution in [0, 0.1) is 12.3 Å². The molecular weight excluding hydrogens is 340 g/mol. The minimum atomic E-state index is 0.0780. The van der Waals surface area contributed by atoms with E-state index < -0.39 is 0 Å². The summed E-state index contributed by atoms with van der Waals surface area (Å²) in [4.78, 5) is 1.26. The minimum absolute atomic E-state index is 0.0780. The number of rotatable bonds is 0. The van der Waals surface area contributed by atoms with Gasteiger partial charge in [0, 0.05) is 14.1 Å². The van der Waals surface area contributed by atoms with Gasteiger partial charge in [-0.15, -0.1) is 11.8 Å². The highest BCUT2D eigenvalue weighted by molar-refractivity contribution is 9.10. The molecule has 0 aromatic heterocycles. The van der Waals surface area contributed by atoms with E-state index in [4.69, 9.17) is 11.6 Å². The summed E-state index contributed by atoms with van der Waals surface area (Å²) >= 11 is 12.1. The molecule has 0 nitrogen and oxygen atoms in total. The predicted molar refractivity (Wildman–Crippen MR) is 90.6 cm³/mol. The molecule has 0 aliphatic carbocycles. The van der Waals surface area contributed by atoms with Gasteiger partial charge in [0.05, 0.1) is 5.02 Å². The zero-order valence-corrected chi connectivity index (χ0v) is 15.9. The second-order valence-electron chi connectivity index (χ2n) is 7.03. The van der Waals surface area contributed by atoms with Crippen molar-refractivity contribution >= 4 is 39.3 Å². The van der Waals surface area contributed by atoms with Gasteiger partial charge in [0.2, 0.25) is 0 Å². The maximum absolute atomic E-state index is 6.52. The topological polar surface area (TPSA) is 0 Å². The van der Waals surface area contributed by atoms with Crippen LogP contribution in [-0.4, -0.2) is 4.75 Å². The lowest BCUT2D eigenvalue weighted by molar-refractivity contribution is 0.139. The molecule has 1 heterocycles. The van der Waals surface area contributed by atoms with E-state index in [1.54, 1.807) is 0 Å². The number of halogens is 2. The van der Waals surface area contributed by atoms with Gasteiger partial charge in [-0.3, -0.25) is 0 Å². The summed E-state index contributed by atoms with van der Waals surface area (Å²) in [6.45, 7) is 16.3. The fraction of sp³-hybridized carbons (Fsp3) is 0.625. The Morgan fingerprint density at radius 3 is 2.16 bits per heavy atom. The molecule has 0 radical (unpaired) electrons. The number of hydrogen-bond donors (Lipinski definition) is 0. The van der Waals surface area contributed by atoms with E-state index in [1.165, 1.54) is 16.0 Å². The first-order valence-electron chi connectivity index (χ1n) is 6.61. The van der Waals surface area contributed by atoms with Crippen molar-refractivity contribution in [3.63, 3.8) is 0 Å². The van der Waals surface area contributed by atoms with E-state index in [-0.39, 0.29) is 15.6 Å². The first kappa shape index (κ1) is 15.7. The van der Waals surface area contributed by atoms with Crippen molar-refractivity contribution in [1.29, 1.82) is 0 Å². The van der Waals surface area contributed by atoms with Gasteiger partial charge >= 0.3 is 0 Å². The molecule has 1 aromatic rings. The Morgan fingerprint density at radius 2 is 1.63 bits per heavy atom. The van der Waals surface area contributed by atoms with Crippen molar-refractivity contribution < 1.29 is 0 Å². The van der Waals surface area contributed by atoms with Gasteiger partial charge in [0.25, 0.3) is 0 Å². The van der Waals surface area contributed by atoms with Crippen LogP contribution in [0.2, 0.25) is 5.02 Å². The Kier molecular flexibility index (Phi) is 3.65. The van der Waals surface area contributed by atoms with Crippen molar-refractivity contribution in [2.75, 3.05) is 0 Å². The molecule has 19 heavy (non-hydrogen) atoms. The quantitative estimate of drug-likeness (QED) is 0.501. The molecule has 1 aliphatic rings. The van der Waals surface area contributed by atoms with E-state index in [0.717, 1.165) is 9.50 Å². The molecule has 106 valence electrons. The standard InChI is InChI=1S/C16H22BrClS/c1-9-10(17)8-11(18)13-12(9)14(2,3)15(4,5)16(6,7)19-13/h8H,1-7H3. The van der Waals surface area contributed by atoms with Crippen molar-refractivity contribution in [3.05, 3.63) is 26.7 Å². The molecule has 2 rings (SSSR count). The first-order chi connectivity index (χ1) is 8.43. The molecule has 0 fully saturated rings. The second kappa shape index (κ2) is 4.42. The van der Waals surface area contributed by atoms with Gasteiger partial charge < -0.3 is 0 Å². The average Bonchev–Trinajstić information content (AvgIpc) is 2.23. The number of fused-ring (bicyclic) bond motifs is 1. The normalized spacial score (nSPS) is 23.0. The molecule has 0 atom stereocenters. The number of hydrogen-bond acceptors (Lipinski definition) is 1. The van der Waals surface area contributed by atoms with Gasteiger partial charge in [-0.25, -0.2) is 0 Å². The van der Waals surface area contributed by atoms with Crippen LogP contribution in [0.4, 0.5) is 0 Å². The lowest BCUT2D eigenvalue weighted by Gasteiger charge is -2.57. The lowest BCUT2D eigenvalue weighted by Crippen LogP contribution is -2.52. The summed E-state index contributed by atoms with van der Waals surface area (Å²) in [5.41, 5.74) is 2.97. The molecule has 1 aromatic carbocycles. The average molecular weight is 362 g/mol. The van der Waals surface area contributed by atoms with Crippen molar-refractivity contribution in [2.45, 2.75) is 63.5 Å². The largest absolute Gasteiger partial charge is 0.117 e. The third-order valence-corrected chi connectivity index (χ3v) is 8.36. The van der Waals surface area contributed by atoms with Gasteiger partial charge in [0.15, 0.2) is 0 Å². The predicted octanol–water partition coefficient (Wildman–Crippen LogP) is 6.60. The van der Waals surface area contributed by atoms with Crippen LogP contribution in [0.3, 0.4) is 0 Å². The van der Waals surface area contributed by atoms with Crippen molar-refractivity contribution in [1.82, 2.24) is 0 Å². The van der Waals surface area contributed by atoms with Crippen molar-refractivity contribution in [3.8, 4) is 0 Å². The Bertz CT molecular complexity index is 544. The number of benzene rings is 1. The Labute approximate surface area is 134 Å². The van der Waals surface area contributed by atoms with E-state index in [1.807, 2.05) is 17.8 Å². The highest BCUT2D eigenvalue weighted by atomic mass is 79.9. The maximum Gasteiger partial charge on any atom is 0.0556 e. The molecular formula is C16H22BrClS. The zero-order chi connectivity index (χ0) is 14.8. The molecule has 0 N–H and O–H groups in total. The van der Waals surface area contributed by atoms with Crippen LogP contribution in [0.25, 0.3) is 0 Å². The zero-order valence-electron chi connectivity index (χ0n) is 12.7. The highest BCUT2D eigenvalue weighted by Crippen LogP contribution is 2.63. The van der Waals surface area contributed by atoms with E-state index in [9.17, 15) is 0 Å². The maximum atomic E-state index is 6.52. The Hall–Kier alpha value is 0.340. The smallest absolute Gasteiger partial charge is 0.0556 e. The van der Waals surface area contributed by atoms with E-state index in [2.05, 4.69) is 64.4 Å². The Balaban J connectivity index is 2.86. The third-order valence-electron chi connectivity index (χ3n) is 5.48. The molecule has 0 saturated heterocycles. The number of thioether (sulfide) groups is 1. The Morgan fingerprint density at radius 1 is 1.11 bits per heavy atom. The summed E-state index contributed by atoms with van der Waals surface area (Å²) in [6, 6.07) is 2.03. The lowest BCUT2D eigenvalue weighted by atomic mass is 9.57. The molecule has 0 bridgehead atoms. The molecule has 0 amide bonds. The monoisotopic (exact) mass is 360 g/mol. The SMILES string of the molecule is Cc1c(Br)cc(Cl)c2c1C(C)(C)C(C)(C)C(C)(C)S2.